The fourth-order valence-electron chi connectivity index (χ4n) is 1.97. The van der Waals surface area contributed by atoms with E-state index in [1.165, 1.54) is 4.90 Å². The van der Waals surface area contributed by atoms with Crippen LogP contribution < -0.4 is 10.6 Å². The van der Waals surface area contributed by atoms with Gasteiger partial charge in [0, 0.05) is 26.2 Å². The van der Waals surface area contributed by atoms with E-state index in [-0.39, 0.29) is 37.4 Å². The second-order valence-electron chi connectivity index (χ2n) is 4.23. The summed E-state index contributed by atoms with van der Waals surface area (Å²) >= 11 is 0. The lowest BCUT2D eigenvalue weighted by atomic mass is 10.3. The largest absolute Gasteiger partial charge is 0.354 e. The zero-order valence-corrected chi connectivity index (χ0v) is 9.57. The molecule has 3 amide bonds. The number of amides is 3. The number of carbonyl (C=O) groups is 3. The number of carbonyl (C=O) groups excluding carboxylic acids is 3. The molecule has 2 N–H and O–H groups in total. The molecule has 0 radical (unpaired) electrons. The minimum absolute atomic E-state index is 0.0552. The molecule has 2 aliphatic rings. The summed E-state index contributed by atoms with van der Waals surface area (Å²) in [6.45, 7) is 2.89. The third-order valence-corrected chi connectivity index (χ3v) is 2.87. The van der Waals surface area contributed by atoms with Gasteiger partial charge in [-0.05, 0) is 0 Å². The zero-order chi connectivity index (χ0) is 12.3. The van der Waals surface area contributed by atoms with E-state index in [9.17, 15) is 14.4 Å². The fourth-order valence-corrected chi connectivity index (χ4v) is 1.97. The third kappa shape index (κ3) is 3.16. The average Bonchev–Trinajstić information content (AvgIpc) is 2.29. The summed E-state index contributed by atoms with van der Waals surface area (Å²) in [5, 5.41) is 5.37. The minimum Gasteiger partial charge on any atom is -0.354 e. The van der Waals surface area contributed by atoms with Crippen LogP contribution in [0.1, 0.15) is 0 Å². The predicted octanol–water partition coefficient (Wildman–Crippen LogP) is -2.62. The number of rotatable bonds is 2. The van der Waals surface area contributed by atoms with Crippen molar-refractivity contribution in [2.75, 3.05) is 45.8 Å². The van der Waals surface area contributed by atoms with Crippen LogP contribution in [-0.2, 0) is 14.4 Å². The van der Waals surface area contributed by atoms with Crippen molar-refractivity contribution >= 4 is 17.7 Å². The molecule has 0 aromatic rings. The van der Waals surface area contributed by atoms with E-state index in [0.717, 1.165) is 0 Å². The van der Waals surface area contributed by atoms with Crippen molar-refractivity contribution in [3.8, 4) is 0 Å². The summed E-state index contributed by atoms with van der Waals surface area (Å²) in [5.74, 6) is -0.268. The van der Waals surface area contributed by atoms with Crippen molar-refractivity contribution in [1.82, 2.24) is 20.4 Å². The van der Waals surface area contributed by atoms with Gasteiger partial charge >= 0.3 is 0 Å². The molecule has 2 fully saturated rings. The molecule has 0 aromatic heterocycles. The van der Waals surface area contributed by atoms with Crippen LogP contribution in [0.5, 0.6) is 0 Å². The fraction of sp³-hybridized carbons (Fsp3) is 0.700. The number of hydrogen-bond donors (Lipinski definition) is 2. The molecule has 7 heteroatoms. The normalized spacial score (nSPS) is 22.0. The van der Waals surface area contributed by atoms with E-state index in [1.54, 1.807) is 4.90 Å². The molecule has 0 bridgehead atoms. The first kappa shape index (κ1) is 11.8. The molecule has 0 spiro atoms. The first-order chi connectivity index (χ1) is 8.15. The second kappa shape index (κ2) is 5.13. The molecule has 2 heterocycles. The highest BCUT2D eigenvalue weighted by Crippen LogP contribution is 1.99. The number of piperazine rings is 2. The molecular formula is C10H16N4O3. The molecule has 0 aromatic carbocycles. The van der Waals surface area contributed by atoms with Gasteiger partial charge < -0.3 is 15.5 Å². The van der Waals surface area contributed by atoms with Crippen molar-refractivity contribution in [3.05, 3.63) is 0 Å². The molecule has 2 saturated heterocycles. The highest BCUT2D eigenvalue weighted by Gasteiger charge is 2.24. The van der Waals surface area contributed by atoms with Crippen molar-refractivity contribution in [2.24, 2.45) is 0 Å². The molecule has 7 nitrogen and oxygen atoms in total. The van der Waals surface area contributed by atoms with Crippen molar-refractivity contribution in [1.29, 1.82) is 0 Å². The maximum atomic E-state index is 11.9. The van der Waals surface area contributed by atoms with Crippen molar-refractivity contribution in [3.63, 3.8) is 0 Å². The van der Waals surface area contributed by atoms with Crippen molar-refractivity contribution in [2.45, 2.75) is 0 Å². The second-order valence-corrected chi connectivity index (χ2v) is 4.23. The van der Waals surface area contributed by atoms with E-state index < -0.39 is 0 Å². The van der Waals surface area contributed by atoms with Crippen LogP contribution in [0, 0.1) is 0 Å². The minimum atomic E-state index is -0.124. The Hall–Kier alpha value is -1.63. The van der Waals surface area contributed by atoms with E-state index in [0.29, 0.717) is 26.2 Å². The van der Waals surface area contributed by atoms with Crippen molar-refractivity contribution < 1.29 is 14.4 Å². The maximum absolute atomic E-state index is 11.9. The van der Waals surface area contributed by atoms with Gasteiger partial charge in [-0.25, -0.2) is 0 Å². The number of hydrogen-bond acceptors (Lipinski definition) is 4. The van der Waals surface area contributed by atoms with Gasteiger partial charge in [0.2, 0.25) is 17.7 Å². The van der Waals surface area contributed by atoms with Gasteiger partial charge in [-0.15, -0.1) is 0 Å². The third-order valence-electron chi connectivity index (χ3n) is 2.87. The SMILES string of the molecule is O=C1CN(CC(=O)N2CCNC(=O)C2)CCN1. The van der Waals surface area contributed by atoms with E-state index >= 15 is 0 Å². The summed E-state index contributed by atoms with van der Waals surface area (Å²) < 4.78 is 0. The Balaban J connectivity index is 1.83. The standard InChI is InChI=1S/C10H16N4O3/c15-8-5-13(3-1-11-8)7-10(17)14-4-2-12-9(16)6-14/h1-7H2,(H,11,15)(H,12,16). The molecular weight excluding hydrogens is 224 g/mol. The van der Waals surface area contributed by atoms with Gasteiger partial charge in [-0.1, -0.05) is 0 Å². The molecule has 2 rings (SSSR count). The Morgan fingerprint density at radius 2 is 1.71 bits per heavy atom. The Morgan fingerprint density at radius 3 is 2.35 bits per heavy atom. The summed E-state index contributed by atoms with van der Waals surface area (Å²) in [7, 11) is 0. The predicted molar refractivity (Wildman–Crippen MR) is 59.0 cm³/mol. The zero-order valence-electron chi connectivity index (χ0n) is 9.57. The molecule has 2 aliphatic heterocycles. The highest BCUT2D eigenvalue weighted by molar-refractivity contribution is 5.87. The van der Waals surface area contributed by atoms with Gasteiger partial charge in [-0.3, -0.25) is 19.3 Å². The first-order valence-corrected chi connectivity index (χ1v) is 5.68. The van der Waals surface area contributed by atoms with Gasteiger partial charge in [0.25, 0.3) is 0 Å². The first-order valence-electron chi connectivity index (χ1n) is 5.68. The lowest BCUT2D eigenvalue weighted by Gasteiger charge is -2.31. The summed E-state index contributed by atoms with van der Waals surface area (Å²) in [5.41, 5.74) is 0. The van der Waals surface area contributed by atoms with E-state index in [4.69, 9.17) is 0 Å². The van der Waals surface area contributed by atoms with E-state index in [1.807, 2.05) is 0 Å². The van der Waals surface area contributed by atoms with Crippen LogP contribution in [0.4, 0.5) is 0 Å². The van der Waals surface area contributed by atoms with Crippen LogP contribution in [0.3, 0.4) is 0 Å². The van der Waals surface area contributed by atoms with Gasteiger partial charge in [0.05, 0.1) is 19.6 Å². The average molecular weight is 240 g/mol. The Morgan fingerprint density at radius 1 is 1.06 bits per heavy atom. The number of nitrogens with one attached hydrogen (secondary N) is 2. The molecule has 0 atom stereocenters. The van der Waals surface area contributed by atoms with Crippen LogP contribution in [0.25, 0.3) is 0 Å². The van der Waals surface area contributed by atoms with E-state index in [2.05, 4.69) is 10.6 Å². The monoisotopic (exact) mass is 240 g/mol. The van der Waals surface area contributed by atoms with Gasteiger partial charge in [-0.2, -0.15) is 0 Å². The molecule has 0 saturated carbocycles. The summed E-state index contributed by atoms with van der Waals surface area (Å²) in [6.07, 6.45) is 0. The van der Waals surface area contributed by atoms with Crippen LogP contribution >= 0.6 is 0 Å². The molecule has 0 aliphatic carbocycles. The Labute approximate surface area is 99.1 Å². The summed E-state index contributed by atoms with van der Waals surface area (Å²) in [6, 6.07) is 0. The molecule has 17 heavy (non-hydrogen) atoms. The lowest BCUT2D eigenvalue weighted by Crippen LogP contribution is -2.55. The van der Waals surface area contributed by atoms with Gasteiger partial charge in [0.15, 0.2) is 0 Å². The van der Waals surface area contributed by atoms with Gasteiger partial charge in [0.1, 0.15) is 0 Å². The number of nitrogens with zero attached hydrogens (tertiary/aromatic N) is 2. The van der Waals surface area contributed by atoms with Crippen LogP contribution in [0.2, 0.25) is 0 Å². The smallest absolute Gasteiger partial charge is 0.239 e. The van der Waals surface area contributed by atoms with Crippen LogP contribution in [0.15, 0.2) is 0 Å². The van der Waals surface area contributed by atoms with Crippen LogP contribution in [-0.4, -0.2) is 73.3 Å². The lowest BCUT2D eigenvalue weighted by molar-refractivity contribution is -0.139. The molecule has 94 valence electrons. The molecule has 0 unspecified atom stereocenters. The quantitative estimate of drug-likeness (QED) is 0.553. The Bertz CT molecular complexity index is 344. The highest BCUT2D eigenvalue weighted by atomic mass is 16.2. The topological polar surface area (TPSA) is 81.8 Å². The maximum Gasteiger partial charge on any atom is 0.239 e. The Kier molecular flexibility index (Phi) is 3.58. The summed E-state index contributed by atoms with van der Waals surface area (Å²) in [4.78, 5) is 37.5.